The van der Waals surface area contributed by atoms with E-state index in [4.69, 9.17) is 4.98 Å². The number of ketones is 1. The second-order valence-electron chi connectivity index (χ2n) is 9.08. The number of carbonyl (C=O) groups is 2. The molecule has 0 fully saturated rings. The predicted octanol–water partition coefficient (Wildman–Crippen LogP) is 4.60. The number of Topliss-reactive ketones (excluding diaryl/α,β-unsaturated/α-hetero) is 1. The standard InChI is InChI=1S/C24H32FN3O2/c1-24(2,3)18(23(30)26-14-13-25)16-20(29)21-19-12-8-5-9-15-28(19)22(27-21)17-10-6-4-7-11-17/h4,6-7,10-11,18H,5,8-9,12-16H2,1-3H3,(H,26,30)/t18-/m1/s1. The van der Waals surface area contributed by atoms with Crippen LogP contribution in [0.15, 0.2) is 30.3 Å². The van der Waals surface area contributed by atoms with Gasteiger partial charge in [0.1, 0.15) is 18.2 Å². The first-order chi connectivity index (χ1) is 14.3. The number of alkyl halides is 1. The normalized spacial score (nSPS) is 15.2. The van der Waals surface area contributed by atoms with Crippen LogP contribution in [0.5, 0.6) is 0 Å². The molecule has 5 nitrogen and oxygen atoms in total. The highest BCUT2D eigenvalue weighted by atomic mass is 19.1. The van der Waals surface area contributed by atoms with E-state index >= 15 is 0 Å². The molecule has 2 aromatic rings. The molecule has 0 saturated carbocycles. The van der Waals surface area contributed by atoms with E-state index in [0.29, 0.717) is 5.69 Å². The van der Waals surface area contributed by atoms with Crippen molar-refractivity contribution in [3.63, 3.8) is 0 Å². The van der Waals surface area contributed by atoms with E-state index in [1.807, 2.05) is 51.1 Å². The highest BCUT2D eigenvalue weighted by Gasteiger charge is 2.35. The number of rotatable bonds is 7. The topological polar surface area (TPSA) is 64.0 Å². The minimum Gasteiger partial charge on any atom is -0.353 e. The van der Waals surface area contributed by atoms with Gasteiger partial charge in [-0.1, -0.05) is 57.5 Å². The average molecular weight is 414 g/mol. The first-order valence-electron chi connectivity index (χ1n) is 10.8. The molecule has 0 aliphatic carbocycles. The summed E-state index contributed by atoms with van der Waals surface area (Å²) in [5.74, 6) is -0.106. The van der Waals surface area contributed by atoms with Gasteiger partial charge in [-0.25, -0.2) is 9.37 Å². The summed E-state index contributed by atoms with van der Waals surface area (Å²) in [5, 5.41) is 2.61. The van der Waals surface area contributed by atoms with Gasteiger partial charge in [0.25, 0.3) is 0 Å². The van der Waals surface area contributed by atoms with Crippen molar-refractivity contribution in [2.75, 3.05) is 13.2 Å². The molecule has 30 heavy (non-hydrogen) atoms. The van der Waals surface area contributed by atoms with Crippen molar-refractivity contribution in [3.05, 3.63) is 41.7 Å². The summed E-state index contributed by atoms with van der Waals surface area (Å²) < 4.78 is 14.7. The Bertz CT molecular complexity index is 884. The quantitative estimate of drug-likeness (QED) is 0.675. The van der Waals surface area contributed by atoms with E-state index in [0.717, 1.165) is 49.3 Å². The van der Waals surface area contributed by atoms with Crippen LogP contribution in [0.25, 0.3) is 11.4 Å². The van der Waals surface area contributed by atoms with Crippen LogP contribution >= 0.6 is 0 Å². The Morgan fingerprint density at radius 1 is 1.17 bits per heavy atom. The van der Waals surface area contributed by atoms with Crippen molar-refractivity contribution in [2.24, 2.45) is 11.3 Å². The number of hydrogen-bond acceptors (Lipinski definition) is 3. The van der Waals surface area contributed by atoms with Gasteiger partial charge in [0.05, 0.1) is 5.92 Å². The van der Waals surface area contributed by atoms with Gasteiger partial charge in [0.2, 0.25) is 5.91 Å². The summed E-state index contributed by atoms with van der Waals surface area (Å²) >= 11 is 0. The molecule has 2 heterocycles. The van der Waals surface area contributed by atoms with Crippen LogP contribution in [0, 0.1) is 11.3 Å². The molecule has 1 atom stereocenters. The minimum absolute atomic E-state index is 0.0301. The van der Waals surface area contributed by atoms with Crippen molar-refractivity contribution in [3.8, 4) is 11.4 Å². The molecule has 3 rings (SSSR count). The molecule has 162 valence electrons. The fourth-order valence-corrected chi connectivity index (χ4v) is 4.12. The molecule has 1 aliphatic rings. The largest absolute Gasteiger partial charge is 0.353 e. The predicted molar refractivity (Wildman–Crippen MR) is 116 cm³/mol. The number of fused-ring (bicyclic) bond motifs is 1. The van der Waals surface area contributed by atoms with E-state index in [1.165, 1.54) is 0 Å². The molecular formula is C24H32FN3O2. The number of aromatic nitrogens is 2. The van der Waals surface area contributed by atoms with Crippen LogP contribution in [-0.2, 0) is 17.8 Å². The minimum atomic E-state index is -0.620. The first kappa shape index (κ1) is 22.2. The van der Waals surface area contributed by atoms with Crippen molar-refractivity contribution in [1.29, 1.82) is 0 Å². The van der Waals surface area contributed by atoms with Gasteiger partial charge >= 0.3 is 0 Å². The third-order valence-corrected chi connectivity index (χ3v) is 5.81. The Hall–Kier alpha value is -2.50. The smallest absolute Gasteiger partial charge is 0.224 e. The lowest BCUT2D eigenvalue weighted by Gasteiger charge is -2.29. The van der Waals surface area contributed by atoms with Gasteiger partial charge in [-0.05, 0) is 24.7 Å². The van der Waals surface area contributed by atoms with E-state index in [2.05, 4.69) is 9.88 Å². The van der Waals surface area contributed by atoms with Crippen molar-refractivity contribution in [2.45, 2.75) is 59.4 Å². The van der Waals surface area contributed by atoms with E-state index in [9.17, 15) is 14.0 Å². The summed E-state index contributed by atoms with van der Waals surface area (Å²) in [6.07, 6.45) is 4.10. The summed E-state index contributed by atoms with van der Waals surface area (Å²) in [4.78, 5) is 30.8. The number of amides is 1. The van der Waals surface area contributed by atoms with E-state index in [-0.39, 0.29) is 24.7 Å². The lowest BCUT2D eigenvalue weighted by Crippen LogP contribution is -2.40. The lowest BCUT2D eigenvalue weighted by molar-refractivity contribution is -0.128. The molecule has 1 aliphatic heterocycles. The van der Waals surface area contributed by atoms with Crippen LogP contribution in [0.4, 0.5) is 4.39 Å². The number of benzene rings is 1. The Labute approximate surface area is 178 Å². The molecule has 1 amide bonds. The Morgan fingerprint density at radius 3 is 2.57 bits per heavy atom. The van der Waals surface area contributed by atoms with Gasteiger partial charge in [-0.15, -0.1) is 0 Å². The van der Waals surface area contributed by atoms with Crippen molar-refractivity contribution < 1.29 is 14.0 Å². The monoisotopic (exact) mass is 413 g/mol. The first-order valence-corrected chi connectivity index (χ1v) is 10.8. The molecule has 0 bridgehead atoms. The number of halogens is 1. The molecule has 0 saturated heterocycles. The Morgan fingerprint density at radius 2 is 1.90 bits per heavy atom. The molecular weight excluding hydrogens is 381 g/mol. The van der Waals surface area contributed by atoms with Crippen molar-refractivity contribution in [1.82, 2.24) is 14.9 Å². The SMILES string of the molecule is CC(C)(C)[C@H](CC(=O)c1nc(-c2ccccc2)n2c1CCCCC2)C(=O)NCCF. The number of nitrogens with zero attached hydrogens (tertiary/aromatic N) is 2. The zero-order valence-corrected chi connectivity index (χ0v) is 18.2. The molecule has 0 radical (unpaired) electrons. The second kappa shape index (κ2) is 9.54. The number of carbonyl (C=O) groups excluding carboxylic acids is 2. The highest BCUT2D eigenvalue weighted by molar-refractivity contribution is 5.99. The number of nitrogens with one attached hydrogen (secondary N) is 1. The highest BCUT2D eigenvalue weighted by Crippen LogP contribution is 2.32. The van der Waals surface area contributed by atoms with Gasteiger partial charge < -0.3 is 9.88 Å². The number of imidazole rings is 1. The fourth-order valence-electron chi connectivity index (χ4n) is 4.12. The molecule has 1 N–H and O–H groups in total. The number of hydrogen-bond donors (Lipinski definition) is 1. The van der Waals surface area contributed by atoms with E-state index < -0.39 is 18.0 Å². The van der Waals surface area contributed by atoms with Gasteiger partial charge in [0.15, 0.2) is 5.78 Å². The fraction of sp³-hybridized carbons (Fsp3) is 0.542. The van der Waals surface area contributed by atoms with Gasteiger partial charge in [-0.2, -0.15) is 0 Å². The Balaban J connectivity index is 1.95. The second-order valence-corrected chi connectivity index (χ2v) is 9.08. The van der Waals surface area contributed by atoms with Crippen LogP contribution in [0.3, 0.4) is 0 Å². The zero-order chi connectivity index (χ0) is 21.7. The zero-order valence-electron chi connectivity index (χ0n) is 18.2. The Kier molecular flexibility index (Phi) is 7.06. The molecule has 1 aromatic carbocycles. The average Bonchev–Trinajstić information content (AvgIpc) is 2.91. The summed E-state index contributed by atoms with van der Waals surface area (Å²) in [5.41, 5.74) is 2.04. The third-order valence-electron chi connectivity index (χ3n) is 5.81. The van der Waals surface area contributed by atoms with Crippen LogP contribution in [0.1, 0.15) is 62.6 Å². The summed E-state index contributed by atoms with van der Waals surface area (Å²) in [7, 11) is 0. The van der Waals surface area contributed by atoms with Crippen LogP contribution in [-0.4, -0.2) is 34.5 Å². The molecule has 6 heteroatoms. The molecule has 0 unspecified atom stereocenters. The van der Waals surface area contributed by atoms with E-state index in [1.54, 1.807) is 0 Å². The van der Waals surface area contributed by atoms with Crippen molar-refractivity contribution >= 4 is 11.7 Å². The van der Waals surface area contributed by atoms with Crippen LogP contribution in [0.2, 0.25) is 0 Å². The van der Waals surface area contributed by atoms with Gasteiger partial charge in [0, 0.05) is 30.8 Å². The molecule has 0 spiro atoms. The van der Waals surface area contributed by atoms with Gasteiger partial charge in [-0.3, -0.25) is 9.59 Å². The maximum atomic E-state index is 13.4. The molecule has 1 aromatic heterocycles. The lowest BCUT2D eigenvalue weighted by atomic mass is 9.77. The van der Waals surface area contributed by atoms with Crippen LogP contribution < -0.4 is 5.32 Å². The summed E-state index contributed by atoms with van der Waals surface area (Å²) in [6, 6.07) is 9.93. The maximum absolute atomic E-state index is 13.4. The maximum Gasteiger partial charge on any atom is 0.224 e. The third kappa shape index (κ3) is 4.97. The summed E-state index contributed by atoms with van der Waals surface area (Å²) in [6.45, 7) is 6.00.